The fourth-order valence-corrected chi connectivity index (χ4v) is 4.39. The Morgan fingerprint density at radius 2 is 1.90 bits per heavy atom. The molecule has 1 atom stereocenters. The van der Waals surface area contributed by atoms with Gasteiger partial charge in [0.05, 0.1) is 12.8 Å². The average Bonchev–Trinajstić information content (AvgIpc) is 3.20. The number of fused-ring (bicyclic) bond motifs is 2. The van der Waals surface area contributed by atoms with E-state index in [0.29, 0.717) is 12.2 Å². The molecule has 31 heavy (non-hydrogen) atoms. The topological polar surface area (TPSA) is 63.5 Å². The van der Waals surface area contributed by atoms with Gasteiger partial charge in [0, 0.05) is 30.5 Å². The molecule has 0 amide bonds. The summed E-state index contributed by atoms with van der Waals surface area (Å²) >= 11 is 0. The number of allylic oxidation sites excluding steroid dienone is 4. The van der Waals surface area contributed by atoms with Crippen LogP contribution in [-0.2, 0) is 6.42 Å². The Morgan fingerprint density at radius 1 is 1.23 bits per heavy atom. The summed E-state index contributed by atoms with van der Waals surface area (Å²) in [7, 11) is 3.80. The van der Waals surface area contributed by atoms with E-state index in [1.54, 1.807) is 7.11 Å². The van der Waals surface area contributed by atoms with E-state index in [0.717, 1.165) is 48.6 Å². The number of likely N-dealkylation sites (N-methyl/N-ethyl adjacent to an activating group) is 1. The fourth-order valence-electron chi connectivity index (χ4n) is 4.39. The molecule has 2 aliphatic rings. The van der Waals surface area contributed by atoms with E-state index < -0.39 is 0 Å². The lowest BCUT2D eigenvalue weighted by atomic mass is 9.84. The SMILES string of the molecule is COc1c2c(cc3c1[C@H](CC(=NO)C(CC=C(C)C)CC=C(C)C)N(C)CC3)OCO2. The number of hydrogen-bond acceptors (Lipinski definition) is 6. The number of hydrogen-bond donors (Lipinski definition) is 1. The summed E-state index contributed by atoms with van der Waals surface area (Å²) in [6, 6.07) is 2.12. The van der Waals surface area contributed by atoms with Crippen molar-refractivity contribution >= 4 is 5.71 Å². The number of methoxy groups -OCH3 is 1. The van der Waals surface area contributed by atoms with Crippen LogP contribution in [0.25, 0.3) is 0 Å². The van der Waals surface area contributed by atoms with Crippen molar-refractivity contribution < 1.29 is 19.4 Å². The first kappa shape index (κ1) is 23.2. The van der Waals surface area contributed by atoms with Crippen LogP contribution in [0.1, 0.15) is 64.1 Å². The van der Waals surface area contributed by atoms with E-state index in [4.69, 9.17) is 14.2 Å². The third-order valence-electron chi connectivity index (χ3n) is 6.17. The maximum atomic E-state index is 10.0. The molecule has 0 bridgehead atoms. The molecule has 0 aromatic heterocycles. The number of rotatable bonds is 8. The third kappa shape index (κ3) is 5.24. The van der Waals surface area contributed by atoms with E-state index in [1.165, 1.54) is 16.7 Å². The van der Waals surface area contributed by atoms with Crippen LogP contribution in [0.2, 0.25) is 0 Å². The highest BCUT2D eigenvalue weighted by molar-refractivity contribution is 5.87. The second-order valence-electron chi connectivity index (χ2n) is 8.99. The van der Waals surface area contributed by atoms with Crippen molar-refractivity contribution in [3.05, 3.63) is 40.5 Å². The summed E-state index contributed by atoms with van der Waals surface area (Å²) in [6.07, 6.45) is 7.71. The fraction of sp³-hybridized carbons (Fsp3) is 0.560. The third-order valence-corrected chi connectivity index (χ3v) is 6.17. The molecule has 0 fully saturated rings. The van der Waals surface area contributed by atoms with E-state index in [1.807, 2.05) is 0 Å². The minimum Gasteiger partial charge on any atom is -0.492 e. The first-order valence-electron chi connectivity index (χ1n) is 11.0. The molecule has 6 nitrogen and oxygen atoms in total. The van der Waals surface area contributed by atoms with Crippen molar-refractivity contribution in [1.82, 2.24) is 4.90 Å². The summed E-state index contributed by atoms with van der Waals surface area (Å²) in [4.78, 5) is 2.32. The van der Waals surface area contributed by atoms with Gasteiger partial charge in [-0.25, -0.2) is 0 Å². The summed E-state index contributed by atoms with van der Waals surface area (Å²) in [5, 5.41) is 13.8. The minimum absolute atomic E-state index is 0.0417. The minimum atomic E-state index is 0.0417. The van der Waals surface area contributed by atoms with E-state index in [-0.39, 0.29) is 18.8 Å². The molecule has 1 N–H and O–H groups in total. The Kier molecular flexibility index (Phi) is 7.65. The molecule has 2 heterocycles. The molecule has 1 aromatic carbocycles. The van der Waals surface area contributed by atoms with Crippen LogP contribution >= 0.6 is 0 Å². The van der Waals surface area contributed by atoms with Gasteiger partial charge >= 0.3 is 0 Å². The zero-order valence-corrected chi connectivity index (χ0v) is 19.7. The summed E-state index contributed by atoms with van der Waals surface area (Å²) in [6.45, 7) is 9.55. The van der Waals surface area contributed by atoms with Gasteiger partial charge in [-0.2, -0.15) is 0 Å². The van der Waals surface area contributed by atoms with Gasteiger partial charge in [0.2, 0.25) is 12.5 Å². The second kappa shape index (κ2) is 10.2. The molecule has 0 saturated heterocycles. The average molecular weight is 429 g/mol. The number of oxime groups is 1. The quantitative estimate of drug-likeness (QED) is 0.256. The Hall–Kier alpha value is -2.47. The van der Waals surface area contributed by atoms with Gasteiger partial charge in [-0.05, 0) is 65.6 Å². The molecule has 0 radical (unpaired) electrons. The zero-order valence-electron chi connectivity index (χ0n) is 19.7. The standard InChI is InChI=1S/C25H36N2O4/c1-16(2)7-9-18(10-8-17(3)4)20(26-28)14-21-23-19(11-12-27(21)5)13-22-24(25(23)29-6)31-15-30-22/h7-8,13,18,21,28H,9-12,14-15H2,1-6H3/t21-/m0/s1. The predicted molar refractivity (Wildman–Crippen MR) is 124 cm³/mol. The van der Waals surface area contributed by atoms with Crippen molar-refractivity contribution in [2.75, 3.05) is 27.5 Å². The lowest BCUT2D eigenvalue weighted by Gasteiger charge is -2.36. The molecule has 0 unspecified atom stereocenters. The molecular weight excluding hydrogens is 392 g/mol. The van der Waals surface area contributed by atoms with Crippen LogP contribution in [0.3, 0.4) is 0 Å². The van der Waals surface area contributed by atoms with Gasteiger partial charge in [0.15, 0.2) is 11.5 Å². The maximum absolute atomic E-state index is 10.0. The summed E-state index contributed by atoms with van der Waals surface area (Å²) in [5.41, 5.74) is 5.69. The maximum Gasteiger partial charge on any atom is 0.231 e. The normalized spacial score (nSPS) is 18.0. The molecule has 6 heteroatoms. The lowest BCUT2D eigenvalue weighted by Crippen LogP contribution is -2.35. The van der Waals surface area contributed by atoms with Gasteiger partial charge in [0.25, 0.3) is 0 Å². The van der Waals surface area contributed by atoms with Crippen LogP contribution in [0.4, 0.5) is 0 Å². The number of ether oxygens (including phenoxy) is 3. The second-order valence-corrected chi connectivity index (χ2v) is 8.99. The molecule has 170 valence electrons. The molecule has 0 aliphatic carbocycles. The zero-order chi connectivity index (χ0) is 22.5. The van der Waals surface area contributed by atoms with Crippen molar-refractivity contribution in [1.29, 1.82) is 0 Å². The molecule has 0 spiro atoms. The monoisotopic (exact) mass is 428 g/mol. The molecule has 2 aliphatic heterocycles. The molecular formula is C25H36N2O4. The molecule has 3 rings (SSSR count). The molecule has 0 saturated carbocycles. The van der Waals surface area contributed by atoms with Crippen LogP contribution in [0, 0.1) is 5.92 Å². The number of benzene rings is 1. The van der Waals surface area contributed by atoms with Crippen molar-refractivity contribution in [3.63, 3.8) is 0 Å². The van der Waals surface area contributed by atoms with E-state index in [9.17, 15) is 5.21 Å². The van der Waals surface area contributed by atoms with Gasteiger partial charge in [-0.1, -0.05) is 28.5 Å². The Balaban J connectivity index is 1.96. The first-order chi connectivity index (χ1) is 14.8. The van der Waals surface area contributed by atoms with Gasteiger partial charge in [-0.3, -0.25) is 4.90 Å². The summed E-state index contributed by atoms with van der Waals surface area (Å²) in [5.74, 6) is 2.31. The Labute approximate surface area is 186 Å². The highest BCUT2D eigenvalue weighted by Gasteiger charge is 2.35. The summed E-state index contributed by atoms with van der Waals surface area (Å²) < 4.78 is 17.2. The number of nitrogens with zero attached hydrogens (tertiary/aromatic N) is 2. The molecule has 1 aromatic rings. The van der Waals surface area contributed by atoms with E-state index >= 15 is 0 Å². The largest absolute Gasteiger partial charge is 0.492 e. The predicted octanol–water partition coefficient (Wildman–Crippen LogP) is 5.50. The van der Waals surface area contributed by atoms with Crippen molar-refractivity contribution in [2.24, 2.45) is 11.1 Å². The van der Waals surface area contributed by atoms with Crippen LogP contribution in [0.15, 0.2) is 34.5 Å². The van der Waals surface area contributed by atoms with Gasteiger partial charge in [0.1, 0.15) is 0 Å². The smallest absolute Gasteiger partial charge is 0.231 e. The van der Waals surface area contributed by atoms with Gasteiger partial charge in [-0.15, -0.1) is 0 Å². The van der Waals surface area contributed by atoms with Gasteiger partial charge < -0.3 is 19.4 Å². The van der Waals surface area contributed by atoms with E-state index in [2.05, 4.69) is 63.0 Å². The Morgan fingerprint density at radius 3 is 2.48 bits per heavy atom. The lowest BCUT2D eigenvalue weighted by molar-refractivity contribution is 0.170. The highest BCUT2D eigenvalue weighted by Crippen LogP contribution is 2.50. The first-order valence-corrected chi connectivity index (χ1v) is 11.0. The van der Waals surface area contributed by atoms with Crippen LogP contribution < -0.4 is 14.2 Å². The Bertz CT molecular complexity index is 860. The van der Waals surface area contributed by atoms with Crippen molar-refractivity contribution in [3.8, 4) is 17.2 Å². The van der Waals surface area contributed by atoms with Crippen molar-refractivity contribution in [2.45, 2.75) is 59.4 Å². The van der Waals surface area contributed by atoms with Crippen LogP contribution in [-0.4, -0.2) is 43.3 Å². The van der Waals surface area contributed by atoms with Crippen LogP contribution in [0.5, 0.6) is 17.2 Å². The highest BCUT2D eigenvalue weighted by atomic mass is 16.7.